The minimum Gasteiger partial charge on any atom is -0.494 e. The lowest BCUT2D eigenvalue weighted by molar-refractivity contribution is -0.131. The second-order valence-corrected chi connectivity index (χ2v) is 9.23. The number of likely N-dealkylation sites (tertiary alicyclic amines) is 1. The highest BCUT2D eigenvalue weighted by molar-refractivity contribution is 5.79. The van der Waals surface area contributed by atoms with Gasteiger partial charge in [-0.2, -0.15) is 5.26 Å². The number of carbonyl (C=O) groups excluding carboxylic acids is 1. The summed E-state index contributed by atoms with van der Waals surface area (Å²) in [5.74, 6) is 0.648. The van der Waals surface area contributed by atoms with E-state index in [9.17, 15) is 9.18 Å². The number of rotatable bonds is 7. The number of methoxy groups -OCH3 is 1. The molecule has 2 bridgehead atoms. The number of carbonyl (C=O) groups is 1. The van der Waals surface area contributed by atoms with Gasteiger partial charge in [0.15, 0.2) is 11.6 Å². The first kappa shape index (κ1) is 23.8. The van der Waals surface area contributed by atoms with E-state index in [1.807, 2.05) is 41.3 Å². The van der Waals surface area contributed by atoms with Gasteiger partial charge < -0.3 is 14.5 Å². The Labute approximate surface area is 210 Å². The van der Waals surface area contributed by atoms with Crippen LogP contribution < -0.4 is 15.0 Å². The molecule has 0 radical (unpaired) electrons. The summed E-state index contributed by atoms with van der Waals surface area (Å²) in [4.78, 5) is 22.0. The Bertz CT molecular complexity index is 1250. The highest BCUT2D eigenvalue weighted by Gasteiger charge is 2.41. The van der Waals surface area contributed by atoms with E-state index in [2.05, 4.69) is 21.3 Å². The lowest BCUT2D eigenvalue weighted by atomic mass is 9.98. The minimum absolute atomic E-state index is 0.0364. The standard InChI is InChI=1S/C28H28FN5O2/c1-36-25-13-21(8-11-24(25)29)28(20-5-3-2-4-6-20)32-16-27(35)33-17-22-9-10-23(18-33)34(22)26-12-7-19(14-30)15-31-26/h2-8,11-13,15,22-23,28,32H,9-10,16-18H2,1H3. The summed E-state index contributed by atoms with van der Waals surface area (Å²) in [5, 5.41) is 12.4. The molecule has 3 heterocycles. The number of ether oxygens (including phenoxy) is 1. The first-order chi connectivity index (χ1) is 17.6. The number of hydrogen-bond acceptors (Lipinski definition) is 6. The molecule has 5 rings (SSSR count). The molecule has 3 aromatic rings. The molecule has 2 aliphatic heterocycles. The molecule has 1 aromatic heterocycles. The Morgan fingerprint density at radius 2 is 1.89 bits per heavy atom. The number of pyridine rings is 1. The van der Waals surface area contributed by atoms with Gasteiger partial charge in [0.05, 0.1) is 25.3 Å². The second-order valence-electron chi connectivity index (χ2n) is 9.23. The molecule has 1 amide bonds. The minimum atomic E-state index is -0.422. The monoisotopic (exact) mass is 485 g/mol. The average Bonchev–Trinajstić information content (AvgIpc) is 3.18. The van der Waals surface area contributed by atoms with Crippen LogP contribution in [0.4, 0.5) is 10.2 Å². The second kappa shape index (κ2) is 10.3. The van der Waals surface area contributed by atoms with Gasteiger partial charge in [0, 0.05) is 31.4 Å². The maximum absolute atomic E-state index is 14.0. The summed E-state index contributed by atoms with van der Waals surface area (Å²) in [6.07, 6.45) is 3.61. The fourth-order valence-corrected chi connectivity index (χ4v) is 5.32. The Balaban J connectivity index is 1.28. The number of nitriles is 1. The van der Waals surface area contributed by atoms with E-state index in [0.717, 1.165) is 29.8 Å². The van der Waals surface area contributed by atoms with Crippen molar-refractivity contribution in [2.75, 3.05) is 31.6 Å². The van der Waals surface area contributed by atoms with Crippen molar-refractivity contribution in [3.05, 3.63) is 89.4 Å². The van der Waals surface area contributed by atoms with Crippen molar-refractivity contribution in [2.45, 2.75) is 31.0 Å². The lowest BCUT2D eigenvalue weighted by Crippen LogP contribution is -2.57. The summed E-state index contributed by atoms with van der Waals surface area (Å²) in [5.41, 5.74) is 2.34. The normalized spacial score (nSPS) is 19.6. The predicted molar refractivity (Wildman–Crippen MR) is 134 cm³/mol. The van der Waals surface area contributed by atoms with Crippen molar-refractivity contribution in [3.63, 3.8) is 0 Å². The van der Waals surface area contributed by atoms with Crippen LogP contribution in [0.1, 0.15) is 35.6 Å². The molecule has 36 heavy (non-hydrogen) atoms. The molecule has 184 valence electrons. The number of anilines is 1. The maximum atomic E-state index is 14.0. The molecule has 0 saturated carbocycles. The van der Waals surface area contributed by atoms with Crippen molar-refractivity contribution in [3.8, 4) is 11.8 Å². The third-order valence-corrected chi connectivity index (χ3v) is 7.08. The number of amides is 1. The van der Waals surface area contributed by atoms with Crippen molar-refractivity contribution >= 4 is 11.7 Å². The fourth-order valence-electron chi connectivity index (χ4n) is 5.32. The highest BCUT2D eigenvalue weighted by atomic mass is 19.1. The summed E-state index contributed by atoms with van der Waals surface area (Å²) in [6, 6.07) is 20.5. The molecular weight excluding hydrogens is 457 g/mol. The van der Waals surface area contributed by atoms with Gasteiger partial charge in [-0.05, 0) is 48.2 Å². The van der Waals surface area contributed by atoms with Crippen LogP contribution in [0.2, 0.25) is 0 Å². The zero-order chi connectivity index (χ0) is 25.1. The molecule has 2 aliphatic rings. The van der Waals surface area contributed by atoms with E-state index in [-0.39, 0.29) is 36.3 Å². The zero-order valence-electron chi connectivity index (χ0n) is 20.1. The van der Waals surface area contributed by atoms with Crippen LogP contribution in [0.15, 0.2) is 66.9 Å². The molecule has 2 saturated heterocycles. The maximum Gasteiger partial charge on any atom is 0.236 e. The third kappa shape index (κ3) is 4.75. The number of nitrogens with one attached hydrogen (secondary N) is 1. The SMILES string of the molecule is COc1cc(C(NCC(=O)N2CC3CCC(C2)N3c2ccc(C#N)cn2)c2ccccc2)ccc1F. The fraction of sp³-hybridized carbons (Fsp3) is 0.321. The quantitative estimate of drug-likeness (QED) is 0.550. The molecule has 2 aromatic carbocycles. The molecule has 3 unspecified atom stereocenters. The summed E-state index contributed by atoms with van der Waals surface area (Å²) >= 11 is 0. The van der Waals surface area contributed by atoms with Gasteiger partial charge in [0.1, 0.15) is 11.9 Å². The summed E-state index contributed by atoms with van der Waals surface area (Å²) in [6.45, 7) is 1.44. The number of benzene rings is 2. The summed E-state index contributed by atoms with van der Waals surface area (Å²) < 4.78 is 19.2. The molecule has 7 nitrogen and oxygen atoms in total. The highest BCUT2D eigenvalue weighted by Crippen LogP contribution is 2.34. The Morgan fingerprint density at radius 1 is 1.14 bits per heavy atom. The van der Waals surface area contributed by atoms with Crippen molar-refractivity contribution < 1.29 is 13.9 Å². The van der Waals surface area contributed by atoms with Crippen LogP contribution in [0.3, 0.4) is 0 Å². The zero-order valence-corrected chi connectivity index (χ0v) is 20.1. The molecule has 2 fully saturated rings. The topological polar surface area (TPSA) is 81.5 Å². The van der Waals surface area contributed by atoms with Gasteiger partial charge in [-0.15, -0.1) is 0 Å². The Kier molecular flexibility index (Phi) is 6.83. The first-order valence-corrected chi connectivity index (χ1v) is 12.1. The Hall–Kier alpha value is -3.96. The number of halogens is 1. The van der Waals surface area contributed by atoms with E-state index >= 15 is 0 Å². The lowest BCUT2D eigenvalue weighted by Gasteiger charge is -2.42. The predicted octanol–water partition coefficient (Wildman–Crippen LogP) is 3.66. The molecule has 1 N–H and O–H groups in total. The van der Waals surface area contributed by atoms with E-state index in [0.29, 0.717) is 18.7 Å². The molecule has 0 aliphatic carbocycles. The molecular formula is C28H28FN5O2. The third-order valence-electron chi connectivity index (χ3n) is 7.08. The van der Waals surface area contributed by atoms with Gasteiger partial charge in [0.25, 0.3) is 0 Å². The number of hydrogen-bond donors (Lipinski definition) is 1. The number of fused-ring (bicyclic) bond motifs is 2. The van der Waals surface area contributed by atoms with Gasteiger partial charge in [-0.25, -0.2) is 9.37 Å². The molecule has 8 heteroatoms. The smallest absolute Gasteiger partial charge is 0.236 e. The van der Waals surface area contributed by atoms with Crippen LogP contribution in [0.5, 0.6) is 5.75 Å². The van der Waals surface area contributed by atoms with Crippen molar-refractivity contribution in [1.29, 1.82) is 5.26 Å². The first-order valence-electron chi connectivity index (χ1n) is 12.1. The van der Waals surface area contributed by atoms with Gasteiger partial charge in [-0.3, -0.25) is 10.1 Å². The van der Waals surface area contributed by atoms with Crippen LogP contribution in [0, 0.1) is 17.1 Å². The van der Waals surface area contributed by atoms with E-state index in [4.69, 9.17) is 10.00 Å². The van der Waals surface area contributed by atoms with Crippen LogP contribution in [-0.2, 0) is 4.79 Å². The largest absolute Gasteiger partial charge is 0.494 e. The van der Waals surface area contributed by atoms with Crippen LogP contribution in [-0.4, -0.2) is 54.6 Å². The Morgan fingerprint density at radius 3 is 2.53 bits per heavy atom. The van der Waals surface area contributed by atoms with Crippen LogP contribution in [0.25, 0.3) is 0 Å². The van der Waals surface area contributed by atoms with Gasteiger partial charge in [-0.1, -0.05) is 36.4 Å². The van der Waals surface area contributed by atoms with Gasteiger partial charge >= 0.3 is 0 Å². The van der Waals surface area contributed by atoms with Crippen molar-refractivity contribution in [1.82, 2.24) is 15.2 Å². The van der Waals surface area contributed by atoms with E-state index < -0.39 is 5.82 Å². The number of piperazine rings is 1. The molecule has 3 atom stereocenters. The number of nitrogens with zero attached hydrogens (tertiary/aromatic N) is 4. The van der Waals surface area contributed by atoms with Crippen LogP contribution >= 0.6 is 0 Å². The van der Waals surface area contributed by atoms with E-state index in [1.54, 1.807) is 24.4 Å². The number of aromatic nitrogens is 1. The van der Waals surface area contributed by atoms with Crippen molar-refractivity contribution in [2.24, 2.45) is 0 Å². The molecule has 0 spiro atoms. The van der Waals surface area contributed by atoms with E-state index in [1.165, 1.54) is 13.2 Å². The summed E-state index contributed by atoms with van der Waals surface area (Å²) in [7, 11) is 1.44. The van der Waals surface area contributed by atoms with Gasteiger partial charge in [0.2, 0.25) is 5.91 Å². The average molecular weight is 486 g/mol.